The fourth-order valence-electron chi connectivity index (χ4n) is 18.9. The van der Waals surface area contributed by atoms with Gasteiger partial charge in [0.05, 0.1) is 22.2 Å². The van der Waals surface area contributed by atoms with Crippen LogP contribution in [0.2, 0.25) is 0 Å². The summed E-state index contributed by atoms with van der Waals surface area (Å²) in [6, 6.07) is 134. The molecule has 0 radical (unpaired) electrons. The van der Waals surface area contributed by atoms with Crippen molar-refractivity contribution in [3.05, 3.63) is 407 Å². The van der Waals surface area contributed by atoms with E-state index in [1.54, 1.807) is 0 Å². The summed E-state index contributed by atoms with van der Waals surface area (Å²) >= 11 is 0. The molecule has 0 fully saturated rings. The van der Waals surface area contributed by atoms with Crippen LogP contribution < -0.4 is 9.80 Å². The van der Waals surface area contributed by atoms with Crippen molar-refractivity contribution in [3.63, 3.8) is 0 Å². The van der Waals surface area contributed by atoms with E-state index in [2.05, 4.69) is 375 Å². The topological polar surface area (TPSA) is 6.48 Å². The van der Waals surface area contributed by atoms with Crippen molar-refractivity contribution in [2.24, 2.45) is 0 Å². The second kappa shape index (κ2) is 20.8. The lowest BCUT2D eigenvalue weighted by atomic mass is 9.70. The van der Waals surface area contributed by atoms with E-state index in [0.29, 0.717) is 0 Å². The summed E-state index contributed by atoms with van der Waals surface area (Å²) in [5.74, 6) is 0. The van der Waals surface area contributed by atoms with E-state index in [-0.39, 0.29) is 5.41 Å². The van der Waals surface area contributed by atoms with Crippen LogP contribution in [0.5, 0.6) is 0 Å². The monoisotopic (exact) mass is 1260 g/mol. The fourth-order valence-corrected chi connectivity index (χ4v) is 18.9. The fraction of sp³-hybridized carbons (Fsp3) is 0.0515. The van der Waals surface area contributed by atoms with E-state index < -0.39 is 10.8 Å². The Balaban J connectivity index is 0.881. The molecule has 0 bridgehead atoms. The van der Waals surface area contributed by atoms with Gasteiger partial charge in [0.25, 0.3) is 0 Å². The standard InChI is InChI=1S/C97H64N2/c1-95(2)83-38-18-11-35-75(83)80-59-81-82(60-90(80)95)94(99(66-51-47-64(48-52-66)62-27-7-4-8-28-62)68-54-56-77-74-34-17-24-44-89(74)97(92(77)58-68)86-41-21-14-31-71(86)72-32-15-22-42-87(72)97)79-37-10-9-36-78(79)93(81)98(65-49-45-63(46-50-65)61-25-5-3-6-26-61)67-53-55-76-73-33-16-23-43-88(73)96(91(76)57-67)84-39-19-12-29-69(84)70-30-13-20-40-85(70)96/h3-60H,1-2H3. The Morgan fingerprint density at radius 1 is 0.182 bits per heavy atom. The van der Waals surface area contributed by atoms with E-state index >= 15 is 0 Å². The van der Waals surface area contributed by atoms with Gasteiger partial charge in [-0.25, -0.2) is 0 Å². The molecule has 21 rings (SSSR count). The summed E-state index contributed by atoms with van der Waals surface area (Å²) in [5, 5.41) is 4.61. The van der Waals surface area contributed by atoms with Gasteiger partial charge in [0, 0.05) is 49.7 Å². The quantitative estimate of drug-likeness (QED) is 0.111. The zero-order chi connectivity index (χ0) is 65.3. The Kier molecular flexibility index (Phi) is 11.8. The van der Waals surface area contributed by atoms with Crippen molar-refractivity contribution in [2.45, 2.75) is 30.1 Å². The maximum absolute atomic E-state index is 2.62. The number of benzene rings is 16. The molecule has 5 aliphatic carbocycles. The second-order valence-corrected chi connectivity index (χ2v) is 28.1. The molecule has 0 aromatic heterocycles. The predicted octanol–water partition coefficient (Wildman–Crippen LogP) is 25.3. The second-order valence-electron chi connectivity index (χ2n) is 28.1. The van der Waals surface area contributed by atoms with Crippen molar-refractivity contribution in [2.75, 3.05) is 9.80 Å². The lowest BCUT2D eigenvalue weighted by Gasteiger charge is -2.35. The Hall–Kier alpha value is -12.4. The molecule has 2 heteroatoms. The first-order chi connectivity index (χ1) is 48.9. The largest absolute Gasteiger partial charge is 0.309 e. The van der Waals surface area contributed by atoms with Crippen molar-refractivity contribution >= 4 is 55.7 Å². The molecule has 0 saturated heterocycles. The molecule has 0 unspecified atom stereocenters. The van der Waals surface area contributed by atoms with Crippen molar-refractivity contribution < 1.29 is 0 Å². The highest BCUT2D eigenvalue weighted by Gasteiger charge is 2.54. The van der Waals surface area contributed by atoms with E-state index in [0.717, 1.165) is 50.3 Å². The van der Waals surface area contributed by atoms with Crippen LogP contribution in [0, 0.1) is 0 Å². The number of anilines is 6. The summed E-state index contributed by atoms with van der Waals surface area (Å²) in [6.45, 7) is 4.86. The lowest BCUT2D eigenvalue weighted by molar-refractivity contribution is 0.661. The number of hydrogen-bond acceptors (Lipinski definition) is 2. The molecular weight excluding hydrogens is 1190 g/mol. The lowest BCUT2D eigenvalue weighted by Crippen LogP contribution is -2.26. The number of fused-ring (bicyclic) bond motifs is 25. The summed E-state index contributed by atoms with van der Waals surface area (Å²) < 4.78 is 0. The maximum atomic E-state index is 2.62. The summed E-state index contributed by atoms with van der Waals surface area (Å²) in [4.78, 5) is 5.24. The van der Waals surface area contributed by atoms with Gasteiger partial charge in [0.2, 0.25) is 0 Å². The Bertz CT molecular complexity index is 5950. The molecule has 2 spiro atoms. The zero-order valence-electron chi connectivity index (χ0n) is 54.9. The number of hydrogen-bond donors (Lipinski definition) is 0. The van der Waals surface area contributed by atoms with Crippen LogP contribution in [0.15, 0.2) is 352 Å². The van der Waals surface area contributed by atoms with Gasteiger partial charge < -0.3 is 9.80 Å². The van der Waals surface area contributed by atoms with Crippen molar-refractivity contribution in [1.29, 1.82) is 0 Å². The van der Waals surface area contributed by atoms with Crippen LogP contribution in [0.3, 0.4) is 0 Å². The first-order valence-electron chi connectivity index (χ1n) is 34.8. The molecule has 16 aromatic rings. The molecule has 0 atom stereocenters. The van der Waals surface area contributed by atoms with E-state index in [1.165, 1.54) is 139 Å². The Labute approximate surface area is 577 Å². The van der Waals surface area contributed by atoms with Gasteiger partial charge in [-0.05, 0) is 194 Å². The van der Waals surface area contributed by atoms with Gasteiger partial charge in [-0.15, -0.1) is 0 Å². The van der Waals surface area contributed by atoms with Gasteiger partial charge in [-0.2, -0.15) is 0 Å². The normalized spacial score (nSPS) is 14.2. The summed E-state index contributed by atoms with van der Waals surface area (Å²) in [7, 11) is 0. The van der Waals surface area contributed by atoms with Gasteiger partial charge in [0.15, 0.2) is 0 Å². The van der Waals surface area contributed by atoms with Crippen LogP contribution >= 0.6 is 0 Å². The number of rotatable bonds is 8. The van der Waals surface area contributed by atoms with Crippen LogP contribution in [0.25, 0.3) is 99.4 Å². The van der Waals surface area contributed by atoms with E-state index in [9.17, 15) is 0 Å². The third-order valence-electron chi connectivity index (χ3n) is 23.1. The third kappa shape index (κ3) is 7.55. The highest BCUT2D eigenvalue weighted by molar-refractivity contribution is 6.25. The van der Waals surface area contributed by atoms with Crippen LogP contribution in [-0.4, -0.2) is 0 Å². The van der Waals surface area contributed by atoms with E-state index in [4.69, 9.17) is 0 Å². The molecule has 0 aliphatic heterocycles. The molecule has 99 heavy (non-hydrogen) atoms. The average Bonchev–Trinajstić information content (AvgIpc) is 1.41. The smallest absolute Gasteiger partial charge is 0.0726 e. The Morgan fingerprint density at radius 3 is 0.818 bits per heavy atom. The summed E-state index contributed by atoms with van der Waals surface area (Å²) in [6.07, 6.45) is 0. The molecule has 0 amide bonds. The van der Waals surface area contributed by atoms with E-state index in [1.807, 2.05) is 0 Å². The third-order valence-corrected chi connectivity index (χ3v) is 23.1. The van der Waals surface area contributed by atoms with Gasteiger partial charge in [0.1, 0.15) is 0 Å². The molecule has 5 aliphatic rings. The van der Waals surface area contributed by atoms with Crippen LogP contribution in [-0.2, 0) is 16.2 Å². The highest BCUT2D eigenvalue weighted by Crippen LogP contribution is 2.66. The molecule has 16 aromatic carbocycles. The molecule has 2 nitrogen and oxygen atoms in total. The van der Waals surface area contributed by atoms with Gasteiger partial charge in [-0.3, -0.25) is 0 Å². The molecule has 462 valence electrons. The summed E-state index contributed by atoms with van der Waals surface area (Å²) in [5.41, 5.74) is 35.8. The zero-order valence-corrected chi connectivity index (χ0v) is 54.9. The average molecular weight is 1260 g/mol. The first-order valence-corrected chi connectivity index (χ1v) is 34.8. The molecular formula is C97H64N2. The van der Waals surface area contributed by atoms with Crippen LogP contribution in [0.4, 0.5) is 34.1 Å². The Morgan fingerprint density at radius 2 is 0.455 bits per heavy atom. The SMILES string of the molecule is CC1(C)c2ccccc2-c2cc3c(N(c4ccc(-c5ccccc5)cc4)c4ccc5c(c4)C4(c6ccccc6-c6ccccc64)c4ccccc4-5)c4ccccc4c(N(c4ccc(-c5ccccc5)cc4)c4ccc5c(c4)C4(c6ccccc6-c6ccccc64)c4ccccc4-5)c3cc21. The highest BCUT2D eigenvalue weighted by atomic mass is 15.2. The van der Waals surface area contributed by atoms with Crippen molar-refractivity contribution in [3.8, 4) is 77.9 Å². The van der Waals surface area contributed by atoms with Crippen molar-refractivity contribution in [1.82, 2.24) is 0 Å². The minimum atomic E-state index is -0.558. The maximum Gasteiger partial charge on any atom is 0.0726 e. The first kappa shape index (κ1) is 55.9. The predicted molar refractivity (Wildman–Crippen MR) is 412 cm³/mol. The minimum absolute atomic E-state index is 0.315. The van der Waals surface area contributed by atoms with Gasteiger partial charge in [-0.1, -0.05) is 305 Å². The molecule has 0 N–H and O–H groups in total. The minimum Gasteiger partial charge on any atom is -0.309 e. The van der Waals surface area contributed by atoms with Crippen LogP contribution in [0.1, 0.15) is 69.5 Å². The molecule has 0 heterocycles. The number of nitrogens with zero attached hydrogens (tertiary/aromatic N) is 2. The van der Waals surface area contributed by atoms with Gasteiger partial charge >= 0.3 is 0 Å². The molecule has 0 saturated carbocycles.